The number of hydrogen-bond donors (Lipinski definition) is 0. The van der Waals surface area contributed by atoms with Crippen LogP contribution in [0, 0.1) is 5.82 Å². The summed E-state index contributed by atoms with van der Waals surface area (Å²) in [5.41, 5.74) is 1.46. The number of hydrogen-bond acceptors (Lipinski definition) is 4. The second-order valence-electron chi connectivity index (χ2n) is 7.00. The molecule has 0 radical (unpaired) electrons. The number of aryl methyl sites for hydroxylation is 1. The lowest BCUT2D eigenvalue weighted by molar-refractivity contribution is 0.0721. The quantitative estimate of drug-likeness (QED) is 0.608. The first-order valence-corrected chi connectivity index (χ1v) is 10.0. The molecular weight excluding hydrogens is 377 g/mol. The van der Waals surface area contributed by atoms with E-state index in [2.05, 4.69) is 5.10 Å². The zero-order valence-corrected chi connectivity index (χ0v) is 16.3. The molecule has 1 fully saturated rings. The molecule has 1 aromatic carbocycles. The molecule has 5 nitrogen and oxygen atoms in total. The first-order chi connectivity index (χ1) is 13.5. The van der Waals surface area contributed by atoms with Crippen molar-refractivity contribution in [2.24, 2.45) is 7.05 Å². The van der Waals surface area contributed by atoms with Crippen LogP contribution in [-0.2, 0) is 7.05 Å². The summed E-state index contributed by atoms with van der Waals surface area (Å²) in [6.45, 7) is 0.660. The molecule has 3 aromatic rings. The van der Waals surface area contributed by atoms with E-state index in [1.54, 1.807) is 36.3 Å². The number of ketones is 1. The summed E-state index contributed by atoms with van der Waals surface area (Å²) < 4.78 is 14.7. The summed E-state index contributed by atoms with van der Waals surface area (Å²) in [5, 5.41) is 4.04. The van der Waals surface area contributed by atoms with E-state index in [1.807, 2.05) is 17.0 Å². The van der Waals surface area contributed by atoms with Gasteiger partial charge in [0.1, 0.15) is 5.82 Å². The summed E-state index contributed by atoms with van der Waals surface area (Å²) in [6.07, 6.45) is 5.31. The minimum Gasteiger partial charge on any atom is -0.335 e. The Kier molecular flexibility index (Phi) is 5.09. The van der Waals surface area contributed by atoms with E-state index in [0.29, 0.717) is 23.4 Å². The second-order valence-corrected chi connectivity index (χ2v) is 8.08. The molecule has 2 aromatic heterocycles. The summed E-state index contributed by atoms with van der Waals surface area (Å²) in [4.78, 5) is 28.9. The van der Waals surface area contributed by atoms with Gasteiger partial charge in [-0.1, -0.05) is 12.1 Å². The minimum atomic E-state index is -0.283. The molecule has 4 rings (SSSR count). The minimum absolute atomic E-state index is 0.0102. The molecule has 0 bridgehead atoms. The van der Waals surface area contributed by atoms with Crippen molar-refractivity contribution < 1.29 is 14.0 Å². The second kappa shape index (κ2) is 7.67. The zero-order chi connectivity index (χ0) is 19.7. The molecule has 1 atom stereocenters. The van der Waals surface area contributed by atoms with Crippen molar-refractivity contribution in [2.45, 2.75) is 25.3 Å². The number of likely N-dealkylation sites (tertiary alicyclic amines) is 1. The van der Waals surface area contributed by atoms with Crippen molar-refractivity contribution in [3.63, 3.8) is 0 Å². The van der Waals surface area contributed by atoms with Crippen LogP contribution in [-0.4, -0.2) is 39.0 Å². The van der Waals surface area contributed by atoms with Gasteiger partial charge >= 0.3 is 0 Å². The number of nitrogens with zero attached hydrogens (tertiary/aromatic N) is 3. The van der Waals surface area contributed by atoms with Gasteiger partial charge in [0.25, 0.3) is 5.91 Å². The van der Waals surface area contributed by atoms with Gasteiger partial charge in [-0.05, 0) is 42.7 Å². The molecular formula is C21H20FN3O2S. The van der Waals surface area contributed by atoms with Crippen LogP contribution >= 0.6 is 11.3 Å². The Bertz CT molecular complexity index is 1010. The van der Waals surface area contributed by atoms with Crippen LogP contribution in [0.5, 0.6) is 0 Å². The van der Waals surface area contributed by atoms with Crippen molar-refractivity contribution >= 4 is 23.0 Å². The lowest BCUT2D eigenvalue weighted by Crippen LogP contribution is -2.36. The third-order valence-corrected chi connectivity index (χ3v) is 6.15. The van der Waals surface area contributed by atoms with Crippen LogP contribution in [0.15, 0.2) is 48.8 Å². The number of rotatable bonds is 5. The highest BCUT2D eigenvalue weighted by Gasteiger charge is 2.32. The van der Waals surface area contributed by atoms with Gasteiger partial charge in [-0.3, -0.25) is 14.3 Å². The number of carbonyl (C=O) groups is 2. The maximum atomic E-state index is 13.1. The Morgan fingerprint density at radius 3 is 2.71 bits per heavy atom. The average molecular weight is 397 g/mol. The SMILES string of the molecule is Cn1cc(C(=O)C[C@H]2CCCN2C(=O)c2ccc(-c3ccc(F)cc3)s2)cn1. The Morgan fingerprint density at radius 1 is 1.21 bits per heavy atom. The maximum Gasteiger partial charge on any atom is 0.264 e. The Morgan fingerprint density at radius 2 is 2.00 bits per heavy atom. The van der Waals surface area contributed by atoms with Gasteiger partial charge in [-0.2, -0.15) is 5.10 Å². The van der Waals surface area contributed by atoms with E-state index in [1.165, 1.54) is 23.5 Å². The smallest absolute Gasteiger partial charge is 0.264 e. The molecule has 7 heteroatoms. The number of halogens is 1. The number of thiophene rings is 1. The predicted octanol–water partition coefficient (Wildman–Crippen LogP) is 4.17. The number of benzene rings is 1. The highest BCUT2D eigenvalue weighted by atomic mass is 32.1. The fraction of sp³-hybridized carbons (Fsp3) is 0.286. The first-order valence-electron chi connectivity index (χ1n) is 9.20. The van der Waals surface area contributed by atoms with Crippen LogP contribution in [0.4, 0.5) is 4.39 Å². The van der Waals surface area contributed by atoms with Crippen molar-refractivity contribution in [1.82, 2.24) is 14.7 Å². The zero-order valence-electron chi connectivity index (χ0n) is 15.5. The van der Waals surface area contributed by atoms with E-state index in [9.17, 15) is 14.0 Å². The fourth-order valence-corrected chi connectivity index (χ4v) is 4.54. The third kappa shape index (κ3) is 3.75. The molecule has 1 amide bonds. The summed E-state index contributed by atoms with van der Waals surface area (Å²) in [6, 6.07) is 9.85. The fourth-order valence-electron chi connectivity index (χ4n) is 3.58. The van der Waals surface area contributed by atoms with Gasteiger partial charge in [-0.25, -0.2) is 4.39 Å². The summed E-state index contributed by atoms with van der Waals surface area (Å²) in [5.74, 6) is -0.314. The Hall–Kier alpha value is -2.80. The van der Waals surface area contributed by atoms with Gasteiger partial charge in [-0.15, -0.1) is 11.3 Å². The standard InChI is InChI=1S/C21H20FN3O2S/c1-24-13-15(12-23-24)18(26)11-17-3-2-10-25(17)21(27)20-9-8-19(28-20)14-4-6-16(22)7-5-14/h4-9,12-13,17H,2-3,10-11H2,1H3/t17-/m1/s1. The molecule has 0 saturated carbocycles. The molecule has 1 aliphatic rings. The topological polar surface area (TPSA) is 55.2 Å². The summed E-state index contributed by atoms with van der Waals surface area (Å²) >= 11 is 1.40. The van der Waals surface area contributed by atoms with Gasteiger partial charge in [0.05, 0.1) is 16.6 Å². The van der Waals surface area contributed by atoms with Crippen LogP contribution in [0.3, 0.4) is 0 Å². The lowest BCUT2D eigenvalue weighted by atomic mass is 10.0. The molecule has 0 N–H and O–H groups in total. The predicted molar refractivity (Wildman–Crippen MR) is 106 cm³/mol. The van der Waals surface area contributed by atoms with Crippen molar-refractivity contribution in [2.75, 3.05) is 6.54 Å². The first kappa shape index (κ1) is 18.6. The van der Waals surface area contributed by atoms with Crippen molar-refractivity contribution in [1.29, 1.82) is 0 Å². The largest absolute Gasteiger partial charge is 0.335 e. The highest BCUT2D eigenvalue weighted by Crippen LogP contribution is 2.31. The summed E-state index contributed by atoms with van der Waals surface area (Å²) in [7, 11) is 1.78. The van der Waals surface area contributed by atoms with Crippen LogP contribution < -0.4 is 0 Å². The normalized spacial score (nSPS) is 16.5. The maximum absolute atomic E-state index is 13.1. The third-order valence-electron chi connectivity index (χ3n) is 5.03. The molecule has 28 heavy (non-hydrogen) atoms. The number of Topliss-reactive ketones (excluding diaryl/α,β-unsaturated/α-hetero) is 1. The number of amides is 1. The van der Waals surface area contributed by atoms with E-state index in [-0.39, 0.29) is 23.5 Å². The van der Waals surface area contributed by atoms with E-state index >= 15 is 0 Å². The van der Waals surface area contributed by atoms with Crippen LogP contribution in [0.2, 0.25) is 0 Å². The molecule has 1 saturated heterocycles. The molecule has 144 valence electrons. The van der Waals surface area contributed by atoms with Gasteiger partial charge in [0.2, 0.25) is 0 Å². The Labute approximate surface area is 166 Å². The number of aromatic nitrogens is 2. The highest BCUT2D eigenvalue weighted by molar-refractivity contribution is 7.17. The van der Waals surface area contributed by atoms with Gasteiger partial charge in [0, 0.05) is 37.1 Å². The number of carbonyl (C=O) groups excluding carboxylic acids is 2. The van der Waals surface area contributed by atoms with E-state index in [0.717, 1.165) is 23.3 Å². The van der Waals surface area contributed by atoms with Crippen LogP contribution in [0.25, 0.3) is 10.4 Å². The van der Waals surface area contributed by atoms with Crippen LogP contribution in [0.1, 0.15) is 39.3 Å². The van der Waals surface area contributed by atoms with Crippen molar-refractivity contribution in [3.8, 4) is 10.4 Å². The van der Waals surface area contributed by atoms with Crippen molar-refractivity contribution in [3.05, 3.63) is 65.0 Å². The molecule has 0 aliphatic carbocycles. The molecule has 0 spiro atoms. The monoisotopic (exact) mass is 397 g/mol. The lowest BCUT2D eigenvalue weighted by Gasteiger charge is -2.23. The van der Waals surface area contributed by atoms with E-state index in [4.69, 9.17) is 0 Å². The van der Waals surface area contributed by atoms with Gasteiger partial charge < -0.3 is 4.90 Å². The average Bonchev–Trinajstić information content (AvgIpc) is 3.42. The molecule has 3 heterocycles. The van der Waals surface area contributed by atoms with Gasteiger partial charge in [0.15, 0.2) is 5.78 Å². The molecule has 0 unspecified atom stereocenters. The Balaban J connectivity index is 1.47. The molecule has 1 aliphatic heterocycles. The van der Waals surface area contributed by atoms with E-state index < -0.39 is 0 Å².